The van der Waals surface area contributed by atoms with Crippen LogP contribution in [0.1, 0.15) is 29.7 Å². The van der Waals surface area contributed by atoms with Crippen molar-refractivity contribution in [2.24, 2.45) is 0 Å². The third kappa shape index (κ3) is 4.69. The van der Waals surface area contributed by atoms with E-state index in [1.165, 1.54) is 25.1 Å². The Kier molecular flexibility index (Phi) is 6.75. The van der Waals surface area contributed by atoms with E-state index in [0.29, 0.717) is 5.92 Å². The third-order valence-corrected chi connectivity index (χ3v) is 5.61. The lowest BCUT2D eigenvalue weighted by Gasteiger charge is -2.19. The van der Waals surface area contributed by atoms with Gasteiger partial charge in [-0.25, -0.2) is 0 Å². The summed E-state index contributed by atoms with van der Waals surface area (Å²) in [6.45, 7) is 4.30. The molecule has 20 heavy (non-hydrogen) atoms. The summed E-state index contributed by atoms with van der Waals surface area (Å²) in [6.07, 6.45) is 2.25. The number of halogens is 2. The van der Waals surface area contributed by atoms with Gasteiger partial charge in [0.1, 0.15) is 0 Å². The molecule has 1 heterocycles. The minimum atomic E-state index is 0.502. The van der Waals surface area contributed by atoms with Crippen LogP contribution in [0.2, 0.25) is 0 Å². The highest BCUT2D eigenvalue weighted by Gasteiger charge is 2.15. The van der Waals surface area contributed by atoms with Gasteiger partial charge in [-0.15, -0.1) is 11.3 Å². The zero-order valence-corrected chi connectivity index (χ0v) is 15.5. The Balaban J connectivity index is 2.13. The van der Waals surface area contributed by atoms with E-state index in [4.69, 9.17) is 0 Å². The molecular formula is C16H19Br2NS. The van der Waals surface area contributed by atoms with Gasteiger partial charge in [-0.2, -0.15) is 0 Å². The molecular weight excluding hydrogens is 398 g/mol. The van der Waals surface area contributed by atoms with E-state index in [0.717, 1.165) is 19.5 Å². The maximum absolute atomic E-state index is 3.69. The number of benzene rings is 1. The summed E-state index contributed by atoms with van der Waals surface area (Å²) in [5, 5.41) is 3.56. The molecule has 0 fully saturated rings. The van der Waals surface area contributed by atoms with Crippen molar-refractivity contribution in [1.29, 1.82) is 0 Å². The van der Waals surface area contributed by atoms with Gasteiger partial charge in [-0.1, -0.05) is 41.1 Å². The van der Waals surface area contributed by atoms with Crippen molar-refractivity contribution in [3.05, 3.63) is 55.1 Å². The van der Waals surface area contributed by atoms with Crippen LogP contribution >= 0.6 is 43.2 Å². The van der Waals surface area contributed by atoms with E-state index in [9.17, 15) is 0 Å². The Labute approximate surface area is 142 Å². The molecule has 1 aromatic heterocycles. The van der Waals surface area contributed by atoms with E-state index in [1.807, 2.05) is 11.3 Å². The predicted octanol–water partition coefficient (Wildman–Crippen LogP) is 5.60. The van der Waals surface area contributed by atoms with Gasteiger partial charge in [0.2, 0.25) is 0 Å². The predicted molar refractivity (Wildman–Crippen MR) is 95.8 cm³/mol. The van der Waals surface area contributed by atoms with Crippen molar-refractivity contribution in [3.63, 3.8) is 0 Å². The normalized spacial score (nSPS) is 12.6. The Hall–Kier alpha value is -0.160. The molecule has 1 aromatic carbocycles. The lowest BCUT2D eigenvalue weighted by Crippen LogP contribution is -2.23. The fourth-order valence-electron chi connectivity index (χ4n) is 2.26. The fraction of sp³-hybridized carbons (Fsp3) is 0.375. The lowest BCUT2D eigenvalue weighted by atomic mass is 9.95. The van der Waals surface area contributed by atoms with E-state index in [-0.39, 0.29) is 0 Å². The second-order valence-electron chi connectivity index (χ2n) is 4.83. The van der Waals surface area contributed by atoms with E-state index >= 15 is 0 Å². The summed E-state index contributed by atoms with van der Waals surface area (Å²) in [6, 6.07) is 12.9. The Bertz CT molecular complexity index is 539. The summed E-state index contributed by atoms with van der Waals surface area (Å²) < 4.78 is 2.42. The molecule has 0 saturated heterocycles. The van der Waals surface area contributed by atoms with Crippen molar-refractivity contribution in [2.45, 2.75) is 25.7 Å². The van der Waals surface area contributed by atoms with Crippen molar-refractivity contribution < 1.29 is 0 Å². The molecule has 0 aliphatic heterocycles. The highest BCUT2D eigenvalue weighted by atomic mass is 79.9. The quantitative estimate of drug-likeness (QED) is 0.579. The molecule has 108 valence electrons. The number of hydrogen-bond acceptors (Lipinski definition) is 2. The van der Waals surface area contributed by atoms with Crippen LogP contribution in [0.5, 0.6) is 0 Å². The summed E-state index contributed by atoms with van der Waals surface area (Å²) >= 11 is 9.07. The monoisotopic (exact) mass is 415 g/mol. The number of thiophene rings is 1. The summed E-state index contributed by atoms with van der Waals surface area (Å²) in [4.78, 5) is 1.43. The number of hydrogen-bond donors (Lipinski definition) is 1. The summed E-state index contributed by atoms with van der Waals surface area (Å²) in [5.74, 6) is 0.502. The molecule has 4 heteroatoms. The van der Waals surface area contributed by atoms with Gasteiger partial charge in [-0.3, -0.25) is 0 Å². The summed E-state index contributed by atoms with van der Waals surface area (Å²) in [7, 11) is 0. The van der Waals surface area contributed by atoms with Gasteiger partial charge in [0, 0.05) is 21.8 Å². The Morgan fingerprint density at radius 1 is 1.15 bits per heavy atom. The fourth-order valence-corrected chi connectivity index (χ4v) is 4.43. The molecule has 2 rings (SSSR count). The molecule has 2 aromatic rings. The standard InChI is InChI=1S/C16H19Br2NS/c1-2-9-19-11-12(10-13-7-8-16(18)20-13)14-5-3-4-6-15(14)17/h3-8,12,19H,2,9-11H2,1H3. The van der Waals surface area contributed by atoms with Crippen molar-refractivity contribution >= 4 is 43.2 Å². The molecule has 0 radical (unpaired) electrons. The maximum atomic E-state index is 3.69. The van der Waals surface area contributed by atoms with Gasteiger partial charge in [0.15, 0.2) is 0 Å². The van der Waals surface area contributed by atoms with Gasteiger partial charge in [0.05, 0.1) is 3.79 Å². The van der Waals surface area contributed by atoms with Crippen LogP contribution in [-0.2, 0) is 6.42 Å². The van der Waals surface area contributed by atoms with Crippen LogP contribution in [0.15, 0.2) is 44.7 Å². The molecule has 0 aliphatic carbocycles. The van der Waals surface area contributed by atoms with Gasteiger partial charge < -0.3 is 5.32 Å². The zero-order valence-electron chi connectivity index (χ0n) is 11.5. The van der Waals surface area contributed by atoms with Crippen molar-refractivity contribution in [3.8, 4) is 0 Å². The highest BCUT2D eigenvalue weighted by molar-refractivity contribution is 9.11. The molecule has 0 spiro atoms. The first-order chi connectivity index (χ1) is 9.70. The van der Waals surface area contributed by atoms with Crippen LogP contribution in [0.4, 0.5) is 0 Å². The highest BCUT2D eigenvalue weighted by Crippen LogP contribution is 2.31. The Morgan fingerprint density at radius 2 is 1.95 bits per heavy atom. The minimum Gasteiger partial charge on any atom is -0.316 e. The lowest BCUT2D eigenvalue weighted by molar-refractivity contribution is 0.578. The number of nitrogens with one attached hydrogen (secondary N) is 1. The number of rotatable bonds is 7. The minimum absolute atomic E-state index is 0.502. The molecule has 1 nitrogen and oxygen atoms in total. The van der Waals surface area contributed by atoms with Gasteiger partial charge in [-0.05, 0) is 59.1 Å². The van der Waals surface area contributed by atoms with Crippen LogP contribution in [0.25, 0.3) is 0 Å². The summed E-state index contributed by atoms with van der Waals surface area (Å²) in [5.41, 5.74) is 1.39. The van der Waals surface area contributed by atoms with E-state index in [1.54, 1.807) is 0 Å². The van der Waals surface area contributed by atoms with Gasteiger partial charge in [0.25, 0.3) is 0 Å². The third-order valence-electron chi connectivity index (χ3n) is 3.24. The average molecular weight is 417 g/mol. The first-order valence-electron chi connectivity index (χ1n) is 6.90. The molecule has 1 atom stereocenters. The largest absolute Gasteiger partial charge is 0.316 e. The first-order valence-corrected chi connectivity index (χ1v) is 9.30. The van der Waals surface area contributed by atoms with Crippen molar-refractivity contribution in [2.75, 3.05) is 13.1 Å². The van der Waals surface area contributed by atoms with Crippen LogP contribution < -0.4 is 5.32 Å². The molecule has 1 N–H and O–H groups in total. The molecule has 0 amide bonds. The Morgan fingerprint density at radius 3 is 2.60 bits per heavy atom. The van der Waals surface area contributed by atoms with Crippen LogP contribution in [-0.4, -0.2) is 13.1 Å². The topological polar surface area (TPSA) is 12.0 Å². The molecule has 0 bridgehead atoms. The first kappa shape index (κ1) is 16.2. The van der Waals surface area contributed by atoms with Crippen LogP contribution in [0.3, 0.4) is 0 Å². The van der Waals surface area contributed by atoms with Crippen molar-refractivity contribution in [1.82, 2.24) is 5.32 Å². The van der Waals surface area contributed by atoms with E-state index < -0.39 is 0 Å². The van der Waals surface area contributed by atoms with Gasteiger partial charge >= 0.3 is 0 Å². The molecule has 0 aliphatic rings. The SMILES string of the molecule is CCCNCC(Cc1ccc(Br)s1)c1ccccc1Br. The van der Waals surface area contributed by atoms with E-state index in [2.05, 4.69) is 80.5 Å². The maximum Gasteiger partial charge on any atom is 0.0701 e. The molecule has 0 saturated carbocycles. The van der Waals surface area contributed by atoms with Crippen LogP contribution in [0, 0.1) is 0 Å². The molecule has 1 unspecified atom stereocenters. The second-order valence-corrected chi connectivity index (χ2v) is 8.23. The zero-order chi connectivity index (χ0) is 14.4. The second kappa shape index (κ2) is 8.32. The smallest absolute Gasteiger partial charge is 0.0701 e. The average Bonchev–Trinajstić information content (AvgIpc) is 2.84.